The number of carboxylic acid groups (broad SMARTS) is 1. The van der Waals surface area contributed by atoms with Crippen LogP contribution in [0.5, 0.6) is 0 Å². The highest BCUT2D eigenvalue weighted by Gasteiger charge is 1.98. The van der Waals surface area contributed by atoms with Gasteiger partial charge in [0.25, 0.3) is 0 Å². The van der Waals surface area contributed by atoms with Crippen LogP contribution in [0.1, 0.15) is 24.0 Å². The maximum absolute atomic E-state index is 10.8. The van der Waals surface area contributed by atoms with Gasteiger partial charge in [-0.15, -0.1) is 0 Å². The van der Waals surface area contributed by atoms with Crippen molar-refractivity contribution in [2.45, 2.75) is 19.3 Å². The number of esters is 1. The van der Waals surface area contributed by atoms with E-state index in [1.54, 1.807) is 0 Å². The molecule has 0 radical (unpaired) electrons. The summed E-state index contributed by atoms with van der Waals surface area (Å²) in [5.41, 5.74) is 1.74. The van der Waals surface area contributed by atoms with Gasteiger partial charge in [-0.05, 0) is 24.1 Å². The molecule has 0 spiro atoms. The van der Waals surface area contributed by atoms with E-state index < -0.39 is 5.97 Å². The molecule has 4 heteroatoms. The summed E-state index contributed by atoms with van der Waals surface area (Å²) in [6.07, 6.45) is 0.690. The van der Waals surface area contributed by atoms with Gasteiger partial charge in [0, 0.05) is 12.0 Å². The third-order valence-electron chi connectivity index (χ3n) is 2.27. The minimum atomic E-state index is -0.808. The Labute approximate surface area is 106 Å². The summed E-state index contributed by atoms with van der Waals surface area (Å²) < 4.78 is 4.46. The molecular formula is C14H14O4. The third-order valence-corrected chi connectivity index (χ3v) is 2.27. The van der Waals surface area contributed by atoms with E-state index in [2.05, 4.69) is 16.6 Å². The smallest absolute Gasteiger partial charge is 0.317 e. The summed E-state index contributed by atoms with van der Waals surface area (Å²) in [6.45, 7) is 0. The van der Waals surface area contributed by atoms with Gasteiger partial charge in [-0.3, -0.25) is 9.59 Å². The average molecular weight is 246 g/mol. The Morgan fingerprint density at radius 1 is 1.28 bits per heavy atom. The number of carbonyl (C=O) groups excluding carboxylic acids is 1. The Morgan fingerprint density at radius 2 is 1.94 bits per heavy atom. The van der Waals surface area contributed by atoms with E-state index >= 15 is 0 Å². The lowest BCUT2D eigenvalue weighted by atomic mass is 10.1. The first-order valence-corrected chi connectivity index (χ1v) is 5.48. The molecule has 0 atom stereocenters. The number of carbonyl (C=O) groups is 2. The number of aliphatic carboxylic acids is 1. The van der Waals surface area contributed by atoms with E-state index in [9.17, 15) is 9.59 Å². The van der Waals surface area contributed by atoms with Crippen molar-refractivity contribution in [3.05, 3.63) is 35.4 Å². The lowest BCUT2D eigenvalue weighted by Gasteiger charge is -1.98. The van der Waals surface area contributed by atoms with Gasteiger partial charge < -0.3 is 9.84 Å². The number of benzene rings is 1. The Hall–Kier alpha value is -2.28. The summed E-state index contributed by atoms with van der Waals surface area (Å²) in [5.74, 6) is 4.37. The second kappa shape index (κ2) is 7.13. The maximum Gasteiger partial charge on any atom is 0.317 e. The molecule has 0 heterocycles. The number of methoxy groups -OCH3 is 1. The Bertz CT molecular complexity index is 477. The van der Waals surface area contributed by atoms with Gasteiger partial charge >= 0.3 is 11.9 Å². The lowest BCUT2D eigenvalue weighted by molar-refractivity contribution is -0.139. The van der Waals surface area contributed by atoms with Gasteiger partial charge in [-0.2, -0.15) is 0 Å². The number of ether oxygens (including phenoxy) is 1. The second-order valence-corrected chi connectivity index (χ2v) is 3.65. The van der Waals surface area contributed by atoms with Crippen molar-refractivity contribution in [2.24, 2.45) is 0 Å². The van der Waals surface area contributed by atoms with Crippen LogP contribution in [0.15, 0.2) is 24.3 Å². The SMILES string of the molecule is COC(=O)CC#Cc1ccc(CCC(=O)O)cc1. The fraction of sp³-hybridized carbons (Fsp3) is 0.286. The van der Waals surface area contributed by atoms with Gasteiger partial charge in [0.15, 0.2) is 0 Å². The largest absolute Gasteiger partial charge is 0.481 e. The van der Waals surface area contributed by atoms with Crippen molar-refractivity contribution in [3.63, 3.8) is 0 Å². The van der Waals surface area contributed by atoms with Crippen LogP contribution in [-0.4, -0.2) is 24.2 Å². The first-order valence-electron chi connectivity index (χ1n) is 5.48. The van der Waals surface area contributed by atoms with Crippen LogP contribution in [-0.2, 0) is 20.7 Å². The van der Waals surface area contributed by atoms with E-state index in [1.165, 1.54) is 7.11 Å². The van der Waals surface area contributed by atoms with Gasteiger partial charge in [-0.1, -0.05) is 24.0 Å². The number of carboxylic acids is 1. The van der Waals surface area contributed by atoms with E-state index in [1.807, 2.05) is 24.3 Å². The summed E-state index contributed by atoms with van der Waals surface area (Å²) in [7, 11) is 1.32. The van der Waals surface area contributed by atoms with Crippen LogP contribution < -0.4 is 0 Å². The van der Waals surface area contributed by atoms with E-state index in [-0.39, 0.29) is 18.8 Å². The van der Waals surface area contributed by atoms with Crippen LogP contribution in [0, 0.1) is 11.8 Å². The molecular weight excluding hydrogens is 232 g/mol. The minimum absolute atomic E-state index is 0.0667. The van der Waals surface area contributed by atoms with Gasteiger partial charge in [0.1, 0.15) is 6.42 Å². The third kappa shape index (κ3) is 5.17. The second-order valence-electron chi connectivity index (χ2n) is 3.65. The predicted octanol–water partition coefficient (Wildman–Crippen LogP) is 1.62. The zero-order valence-corrected chi connectivity index (χ0v) is 10.1. The monoisotopic (exact) mass is 246 g/mol. The fourth-order valence-corrected chi connectivity index (χ4v) is 1.30. The molecule has 0 unspecified atom stereocenters. The molecule has 0 aliphatic rings. The molecule has 4 nitrogen and oxygen atoms in total. The van der Waals surface area contributed by atoms with E-state index in [0.29, 0.717) is 6.42 Å². The zero-order valence-electron chi connectivity index (χ0n) is 10.1. The number of hydrogen-bond acceptors (Lipinski definition) is 3. The molecule has 0 bridgehead atoms. The van der Waals surface area contributed by atoms with Gasteiger partial charge in [0.05, 0.1) is 7.11 Å². The molecule has 0 aromatic heterocycles. The van der Waals surface area contributed by atoms with Crippen molar-refractivity contribution in [1.82, 2.24) is 0 Å². The normalized spacial score (nSPS) is 9.17. The van der Waals surface area contributed by atoms with Crippen LogP contribution in [0.25, 0.3) is 0 Å². The quantitative estimate of drug-likeness (QED) is 0.647. The Kier molecular flexibility index (Phi) is 5.46. The number of aryl methyl sites for hydroxylation is 1. The molecule has 1 rings (SSSR count). The van der Waals surface area contributed by atoms with Crippen LogP contribution >= 0.6 is 0 Å². The summed E-state index contributed by atoms with van der Waals surface area (Å²) >= 11 is 0. The topological polar surface area (TPSA) is 63.6 Å². The standard InChI is InChI=1S/C14H14O4/c1-18-14(17)4-2-3-11-5-7-12(8-6-11)9-10-13(15)16/h5-8H,4,9-10H2,1H3,(H,15,16). The molecule has 1 aromatic carbocycles. The summed E-state index contributed by atoms with van der Waals surface area (Å²) in [4.78, 5) is 21.2. The lowest BCUT2D eigenvalue weighted by Crippen LogP contribution is -1.97. The highest BCUT2D eigenvalue weighted by atomic mass is 16.5. The van der Waals surface area contributed by atoms with Crippen LogP contribution in [0.4, 0.5) is 0 Å². The molecule has 0 aliphatic heterocycles. The molecule has 94 valence electrons. The first-order chi connectivity index (χ1) is 8.61. The molecule has 1 N–H and O–H groups in total. The summed E-state index contributed by atoms with van der Waals surface area (Å²) in [6, 6.07) is 7.29. The van der Waals surface area contributed by atoms with E-state index in [0.717, 1.165) is 11.1 Å². The molecule has 1 aromatic rings. The van der Waals surface area contributed by atoms with Gasteiger partial charge in [0.2, 0.25) is 0 Å². The zero-order chi connectivity index (χ0) is 13.4. The summed E-state index contributed by atoms with van der Waals surface area (Å²) in [5, 5.41) is 8.55. The number of hydrogen-bond donors (Lipinski definition) is 1. The van der Waals surface area contributed by atoms with Crippen molar-refractivity contribution >= 4 is 11.9 Å². The predicted molar refractivity (Wildman–Crippen MR) is 65.9 cm³/mol. The number of rotatable bonds is 4. The van der Waals surface area contributed by atoms with Crippen LogP contribution in [0.2, 0.25) is 0 Å². The first kappa shape index (κ1) is 13.8. The Morgan fingerprint density at radius 3 is 2.50 bits per heavy atom. The van der Waals surface area contributed by atoms with E-state index in [4.69, 9.17) is 5.11 Å². The van der Waals surface area contributed by atoms with Crippen molar-refractivity contribution < 1.29 is 19.4 Å². The molecule has 0 fully saturated rings. The average Bonchev–Trinajstić information content (AvgIpc) is 2.37. The van der Waals surface area contributed by atoms with Crippen molar-refractivity contribution in [2.75, 3.05) is 7.11 Å². The van der Waals surface area contributed by atoms with Crippen molar-refractivity contribution in [1.29, 1.82) is 0 Å². The highest BCUT2D eigenvalue weighted by molar-refractivity contribution is 5.72. The molecule has 0 amide bonds. The van der Waals surface area contributed by atoms with Crippen LogP contribution in [0.3, 0.4) is 0 Å². The molecule has 0 aliphatic carbocycles. The molecule has 0 saturated carbocycles. The van der Waals surface area contributed by atoms with Crippen molar-refractivity contribution in [3.8, 4) is 11.8 Å². The molecule has 18 heavy (non-hydrogen) atoms. The fourth-order valence-electron chi connectivity index (χ4n) is 1.30. The minimum Gasteiger partial charge on any atom is -0.481 e. The molecule has 0 saturated heterocycles. The highest BCUT2D eigenvalue weighted by Crippen LogP contribution is 2.06. The Balaban J connectivity index is 2.54. The maximum atomic E-state index is 10.8. The van der Waals surface area contributed by atoms with Gasteiger partial charge in [-0.25, -0.2) is 0 Å².